The van der Waals surface area contributed by atoms with Crippen LogP contribution in [0.3, 0.4) is 0 Å². The lowest BCUT2D eigenvalue weighted by molar-refractivity contribution is 0.397. The number of aryl methyl sites for hydroxylation is 1. The summed E-state index contributed by atoms with van der Waals surface area (Å²) in [5.74, 6) is 0. The third kappa shape index (κ3) is 4.59. The molecule has 1 aromatic rings. The van der Waals surface area contributed by atoms with Crippen LogP contribution < -0.4 is 10.9 Å². The summed E-state index contributed by atoms with van der Waals surface area (Å²) in [6.07, 6.45) is 1.85. The van der Waals surface area contributed by atoms with Crippen LogP contribution in [-0.2, 0) is 6.54 Å². The van der Waals surface area contributed by atoms with Crippen LogP contribution >= 0.6 is 0 Å². The van der Waals surface area contributed by atoms with E-state index in [1.54, 1.807) is 10.6 Å². The first-order chi connectivity index (χ1) is 7.59. The highest BCUT2D eigenvalue weighted by molar-refractivity contribution is 5.07. The summed E-state index contributed by atoms with van der Waals surface area (Å²) in [6, 6.07) is 3.63. The SMILES string of the molecule is Cc1ccn(CCNCCN(C)C)c(=O)c1. The maximum Gasteiger partial charge on any atom is 0.250 e. The molecule has 0 spiro atoms. The first-order valence-corrected chi connectivity index (χ1v) is 5.62. The molecule has 1 heterocycles. The van der Waals surface area contributed by atoms with E-state index in [-0.39, 0.29) is 5.56 Å². The second-order valence-corrected chi connectivity index (χ2v) is 4.29. The first kappa shape index (κ1) is 12.9. The average molecular weight is 223 g/mol. The number of hydrogen-bond donors (Lipinski definition) is 1. The van der Waals surface area contributed by atoms with E-state index in [1.165, 1.54) is 0 Å². The van der Waals surface area contributed by atoms with Gasteiger partial charge in [0, 0.05) is 38.4 Å². The fourth-order valence-corrected chi connectivity index (χ4v) is 1.42. The number of nitrogens with one attached hydrogen (secondary N) is 1. The van der Waals surface area contributed by atoms with Crippen molar-refractivity contribution < 1.29 is 0 Å². The summed E-state index contributed by atoms with van der Waals surface area (Å²) in [6.45, 7) is 5.46. The van der Waals surface area contributed by atoms with E-state index in [4.69, 9.17) is 0 Å². The van der Waals surface area contributed by atoms with Gasteiger partial charge >= 0.3 is 0 Å². The van der Waals surface area contributed by atoms with Crippen molar-refractivity contribution in [2.75, 3.05) is 33.7 Å². The second-order valence-electron chi connectivity index (χ2n) is 4.29. The van der Waals surface area contributed by atoms with Crippen LogP contribution in [0.2, 0.25) is 0 Å². The zero-order chi connectivity index (χ0) is 12.0. The monoisotopic (exact) mass is 223 g/mol. The Balaban J connectivity index is 2.30. The molecule has 16 heavy (non-hydrogen) atoms. The largest absolute Gasteiger partial charge is 0.314 e. The van der Waals surface area contributed by atoms with Gasteiger partial charge in [-0.05, 0) is 32.6 Å². The highest BCUT2D eigenvalue weighted by Crippen LogP contribution is 1.90. The maximum atomic E-state index is 11.5. The lowest BCUT2D eigenvalue weighted by atomic mass is 10.3. The molecule has 1 N–H and O–H groups in total. The molecule has 0 unspecified atom stereocenters. The molecule has 0 aliphatic carbocycles. The molecule has 4 heteroatoms. The lowest BCUT2D eigenvalue weighted by Crippen LogP contribution is -2.31. The van der Waals surface area contributed by atoms with Crippen molar-refractivity contribution in [2.24, 2.45) is 0 Å². The van der Waals surface area contributed by atoms with Gasteiger partial charge in [-0.3, -0.25) is 4.79 Å². The fraction of sp³-hybridized carbons (Fsp3) is 0.583. The van der Waals surface area contributed by atoms with Crippen LogP contribution in [0.15, 0.2) is 23.1 Å². The van der Waals surface area contributed by atoms with Crippen molar-refractivity contribution in [3.63, 3.8) is 0 Å². The highest BCUT2D eigenvalue weighted by Gasteiger charge is 1.95. The van der Waals surface area contributed by atoms with Gasteiger partial charge in [-0.25, -0.2) is 0 Å². The Morgan fingerprint density at radius 2 is 2.12 bits per heavy atom. The fourth-order valence-electron chi connectivity index (χ4n) is 1.42. The smallest absolute Gasteiger partial charge is 0.250 e. The summed E-state index contributed by atoms with van der Waals surface area (Å²) >= 11 is 0. The van der Waals surface area contributed by atoms with Gasteiger partial charge in [-0.15, -0.1) is 0 Å². The summed E-state index contributed by atoms with van der Waals surface area (Å²) in [4.78, 5) is 13.7. The Hall–Kier alpha value is -1.13. The number of pyridine rings is 1. The molecule has 4 nitrogen and oxygen atoms in total. The van der Waals surface area contributed by atoms with Crippen LogP contribution in [0.1, 0.15) is 5.56 Å². The number of rotatable bonds is 6. The molecule has 0 fully saturated rings. The van der Waals surface area contributed by atoms with Crippen molar-refractivity contribution >= 4 is 0 Å². The van der Waals surface area contributed by atoms with E-state index in [0.717, 1.165) is 31.7 Å². The van der Waals surface area contributed by atoms with Crippen molar-refractivity contribution in [3.8, 4) is 0 Å². The van der Waals surface area contributed by atoms with Crippen LogP contribution in [0.5, 0.6) is 0 Å². The van der Waals surface area contributed by atoms with E-state index in [2.05, 4.69) is 10.2 Å². The summed E-state index contributed by atoms with van der Waals surface area (Å²) in [7, 11) is 4.10. The summed E-state index contributed by atoms with van der Waals surface area (Å²) in [5, 5.41) is 3.31. The highest BCUT2D eigenvalue weighted by atomic mass is 16.1. The van der Waals surface area contributed by atoms with Gasteiger partial charge in [0.1, 0.15) is 0 Å². The Kier molecular flexibility index (Phi) is 5.22. The van der Waals surface area contributed by atoms with Gasteiger partial charge < -0.3 is 14.8 Å². The third-order valence-corrected chi connectivity index (χ3v) is 2.42. The Labute approximate surface area is 96.9 Å². The molecule has 0 aliphatic rings. The molecule has 0 aliphatic heterocycles. The van der Waals surface area contributed by atoms with Crippen molar-refractivity contribution in [3.05, 3.63) is 34.2 Å². The molecule has 0 atom stereocenters. The quantitative estimate of drug-likeness (QED) is 0.705. The lowest BCUT2D eigenvalue weighted by Gasteiger charge is -2.11. The molecule has 0 bridgehead atoms. The van der Waals surface area contributed by atoms with Crippen LogP contribution in [0.25, 0.3) is 0 Å². The van der Waals surface area contributed by atoms with E-state index in [9.17, 15) is 4.79 Å². The van der Waals surface area contributed by atoms with E-state index in [1.807, 2.05) is 33.3 Å². The van der Waals surface area contributed by atoms with Gasteiger partial charge in [0.25, 0.3) is 5.56 Å². The van der Waals surface area contributed by atoms with E-state index >= 15 is 0 Å². The molecule has 0 saturated carbocycles. The molecule has 1 aromatic heterocycles. The zero-order valence-electron chi connectivity index (χ0n) is 10.4. The molecular weight excluding hydrogens is 202 g/mol. The van der Waals surface area contributed by atoms with E-state index < -0.39 is 0 Å². The van der Waals surface area contributed by atoms with Crippen LogP contribution in [0, 0.1) is 6.92 Å². The molecule has 0 radical (unpaired) electrons. The summed E-state index contributed by atoms with van der Waals surface area (Å²) < 4.78 is 1.73. The van der Waals surface area contributed by atoms with Crippen LogP contribution in [0.4, 0.5) is 0 Å². The zero-order valence-corrected chi connectivity index (χ0v) is 10.4. The average Bonchev–Trinajstić information content (AvgIpc) is 2.20. The topological polar surface area (TPSA) is 37.3 Å². The standard InChI is InChI=1S/C12H21N3O/c1-11-4-7-15(12(16)10-11)9-6-13-5-8-14(2)3/h4,7,10,13H,5-6,8-9H2,1-3H3. The summed E-state index contributed by atoms with van der Waals surface area (Å²) in [5.41, 5.74) is 1.09. The van der Waals surface area contributed by atoms with Crippen LogP contribution in [-0.4, -0.2) is 43.2 Å². The van der Waals surface area contributed by atoms with Gasteiger partial charge in [0.15, 0.2) is 0 Å². The minimum Gasteiger partial charge on any atom is -0.314 e. The number of aromatic nitrogens is 1. The van der Waals surface area contributed by atoms with Gasteiger partial charge in [-0.1, -0.05) is 0 Å². The first-order valence-electron chi connectivity index (χ1n) is 5.62. The van der Waals surface area contributed by atoms with Crippen molar-refractivity contribution in [2.45, 2.75) is 13.5 Å². The number of hydrogen-bond acceptors (Lipinski definition) is 3. The Morgan fingerprint density at radius 1 is 1.38 bits per heavy atom. The maximum absolute atomic E-state index is 11.5. The van der Waals surface area contributed by atoms with Crippen molar-refractivity contribution in [1.82, 2.24) is 14.8 Å². The Bertz CT molecular complexity index is 371. The molecule has 0 aromatic carbocycles. The molecule has 1 rings (SSSR count). The number of nitrogens with zero attached hydrogens (tertiary/aromatic N) is 2. The van der Waals surface area contributed by atoms with Gasteiger partial charge in [-0.2, -0.15) is 0 Å². The van der Waals surface area contributed by atoms with Gasteiger partial charge in [0.05, 0.1) is 0 Å². The molecule has 0 amide bonds. The minimum absolute atomic E-state index is 0.0782. The van der Waals surface area contributed by atoms with Crippen molar-refractivity contribution in [1.29, 1.82) is 0 Å². The predicted octanol–water partition coefficient (Wildman–Crippen LogP) is 0.308. The van der Waals surface area contributed by atoms with E-state index in [0.29, 0.717) is 0 Å². The normalized spacial score (nSPS) is 11.0. The van der Waals surface area contributed by atoms with Gasteiger partial charge in [0.2, 0.25) is 0 Å². The number of likely N-dealkylation sites (N-methyl/N-ethyl adjacent to an activating group) is 1. The third-order valence-electron chi connectivity index (χ3n) is 2.42. The predicted molar refractivity (Wildman–Crippen MR) is 66.9 cm³/mol. The molecule has 0 saturated heterocycles. The second kappa shape index (κ2) is 6.45. The molecule has 90 valence electrons. The molecular formula is C12H21N3O. The minimum atomic E-state index is 0.0782. The Morgan fingerprint density at radius 3 is 2.75 bits per heavy atom.